The topological polar surface area (TPSA) is 0 Å². The van der Waals surface area contributed by atoms with E-state index in [4.69, 9.17) is 0 Å². The minimum atomic E-state index is 0.899. The van der Waals surface area contributed by atoms with Crippen molar-refractivity contribution >= 4 is 0 Å². The van der Waals surface area contributed by atoms with E-state index in [0.717, 1.165) is 23.7 Å². The third-order valence-electron chi connectivity index (χ3n) is 4.08. The monoisotopic (exact) mass is 196 g/mol. The van der Waals surface area contributed by atoms with Crippen LogP contribution in [0.3, 0.4) is 0 Å². The van der Waals surface area contributed by atoms with E-state index in [1.54, 1.807) is 0 Å². The van der Waals surface area contributed by atoms with Gasteiger partial charge in [0.2, 0.25) is 0 Å². The molecule has 3 atom stereocenters. The predicted molar refractivity (Wildman–Crippen MR) is 64.4 cm³/mol. The normalized spacial score (nSPS) is 30.6. The van der Waals surface area contributed by atoms with Gasteiger partial charge in [0, 0.05) is 0 Å². The Hall–Kier alpha value is 0. The van der Waals surface area contributed by atoms with E-state index in [0.29, 0.717) is 0 Å². The fraction of sp³-hybridized carbons (Fsp3) is 1.00. The second-order valence-electron chi connectivity index (χ2n) is 5.81. The molecule has 0 saturated heterocycles. The smallest absolute Gasteiger partial charge is 0.0386 e. The van der Waals surface area contributed by atoms with Crippen molar-refractivity contribution in [3.8, 4) is 0 Å². The van der Waals surface area contributed by atoms with Crippen molar-refractivity contribution < 1.29 is 0 Å². The van der Waals surface area contributed by atoms with E-state index in [9.17, 15) is 0 Å². The zero-order valence-electron chi connectivity index (χ0n) is 10.6. The third-order valence-corrected chi connectivity index (χ3v) is 4.08. The molecule has 0 bridgehead atoms. The lowest BCUT2D eigenvalue weighted by Crippen LogP contribution is -2.21. The molecule has 1 aliphatic rings. The maximum Gasteiger partial charge on any atom is -0.0386 e. The van der Waals surface area contributed by atoms with Crippen molar-refractivity contribution in [2.75, 3.05) is 0 Å². The Morgan fingerprint density at radius 2 is 1.86 bits per heavy atom. The molecule has 0 aliphatic heterocycles. The summed E-state index contributed by atoms with van der Waals surface area (Å²) in [5.41, 5.74) is 0. The number of rotatable bonds is 4. The molecule has 0 spiro atoms. The summed E-state index contributed by atoms with van der Waals surface area (Å²) < 4.78 is 0. The van der Waals surface area contributed by atoms with Crippen LogP contribution in [-0.4, -0.2) is 0 Å². The van der Waals surface area contributed by atoms with Gasteiger partial charge in [0.25, 0.3) is 0 Å². The van der Waals surface area contributed by atoms with E-state index >= 15 is 0 Å². The zero-order valence-corrected chi connectivity index (χ0v) is 10.6. The second kappa shape index (κ2) is 5.78. The predicted octanol–water partition coefficient (Wildman–Crippen LogP) is 4.89. The highest BCUT2D eigenvalue weighted by Gasteiger charge is 2.25. The average Bonchev–Trinajstić information content (AvgIpc) is 2.16. The Morgan fingerprint density at radius 1 is 1.14 bits per heavy atom. The van der Waals surface area contributed by atoms with Gasteiger partial charge in [-0.3, -0.25) is 0 Å². The highest BCUT2D eigenvalue weighted by molar-refractivity contribution is 4.76. The van der Waals surface area contributed by atoms with E-state index in [-0.39, 0.29) is 0 Å². The molecule has 0 heteroatoms. The van der Waals surface area contributed by atoms with Gasteiger partial charge in [-0.1, -0.05) is 53.4 Å². The highest BCUT2D eigenvalue weighted by atomic mass is 14.3. The average molecular weight is 196 g/mol. The molecule has 0 nitrogen and oxygen atoms in total. The molecule has 0 aromatic rings. The van der Waals surface area contributed by atoms with Gasteiger partial charge in [0.1, 0.15) is 0 Å². The van der Waals surface area contributed by atoms with Crippen LogP contribution in [-0.2, 0) is 0 Å². The standard InChI is InChI=1S/C14H28/c1-5-12(4)14-8-6-7-13(10-14)9-11(2)3/h11-14H,5-10H2,1-4H3. The molecular weight excluding hydrogens is 168 g/mol. The molecule has 1 aliphatic carbocycles. The van der Waals surface area contributed by atoms with Gasteiger partial charge >= 0.3 is 0 Å². The van der Waals surface area contributed by atoms with Gasteiger partial charge in [0.15, 0.2) is 0 Å². The first kappa shape index (κ1) is 12.1. The third kappa shape index (κ3) is 3.63. The highest BCUT2D eigenvalue weighted by Crippen LogP contribution is 2.37. The van der Waals surface area contributed by atoms with Crippen LogP contribution < -0.4 is 0 Å². The number of hydrogen-bond acceptors (Lipinski definition) is 0. The van der Waals surface area contributed by atoms with Crippen molar-refractivity contribution in [2.24, 2.45) is 23.7 Å². The fourth-order valence-corrected chi connectivity index (χ4v) is 3.06. The van der Waals surface area contributed by atoms with Gasteiger partial charge < -0.3 is 0 Å². The molecular formula is C14H28. The van der Waals surface area contributed by atoms with Crippen LogP contribution in [0.5, 0.6) is 0 Å². The summed E-state index contributed by atoms with van der Waals surface area (Å²) in [6, 6.07) is 0. The molecule has 14 heavy (non-hydrogen) atoms. The van der Waals surface area contributed by atoms with Gasteiger partial charge in [-0.25, -0.2) is 0 Å². The summed E-state index contributed by atoms with van der Waals surface area (Å²) in [6.45, 7) is 9.53. The van der Waals surface area contributed by atoms with Crippen molar-refractivity contribution in [1.82, 2.24) is 0 Å². The molecule has 0 amide bonds. The summed E-state index contributed by atoms with van der Waals surface area (Å²) in [5, 5.41) is 0. The Morgan fingerprint density at radius 3 is 2.43 bits per heavy atom. The van der Waals surface area contributed by atoms with Gasteiger partial charge in [-0.05, 0) is 36.5 Å². The summed E-state index contributed by atoms with van der Waals surface area (Å²) in [5.74, 6) is 3.95. The summed E-state index contributed by atoms with van der Waals surface area (Å²) >= 11 is 0. The van der Waals surface area contributed by atoms with Gasteiger partial charge in [-0.2, -0.15) is 0 Å². The Bertz CT molecular complexity index is 148. The Labute approximate surface area is 90.5 Å². The quantitative estimate of drug-likeness (QED) is 0.601. The lowest BCUT2D eigenvalue weighted by Gasteiger charge is -2.33. The molecule has 0 aromatic heterocycles. The second-order valence-corrected chi connectivity index (χ2v) is 5.81. The maximum atomic E-state index is 2.45. The van der Waals surface area contributed by atoms with Crippen LogP contribution in [0.1, 0.15) is 66.2 Å². The zero-order chi connectivity index (χ0) is 10.6. The van der Waals surface area contributed by atoms with Crippen LogP contribution in [0.4, 0.5) is 0 Å². The minimum Gasteiger partial charge on any atom is -0.0651 e. The molecule has 1 rings (SSSR count). The minimum absolute atomic E-state index is 0.899. The van der Waals surface area contributed by atoms with Gasteiger partial charge in [-0.15, -0.1) is 0 Å². The first-order chi connectivity index (χ1) is 6.63. The molecule has 1 saturated carbocycles. The fourth-order valence-electron chi connectivity index (χ4n) is 3.06. The molecule has 0 radical (unpaired) electrons. The summed E-state index contributed by atoms with van der Waals surface area (Å²) in [6.07, 6.45) is 8.86. The molecule has 0 aromatic carbocycles. The summed E-state index contributed by atoms with van der Waals surface area (Å²) in [7, 11) is 0. The van der Waals surface area contributed by atoms with E-state index in [2.05, 4.69) is 27.7 Å². The lowest BCUT2D eigenvalue weighted by molar-refractivity contribution is 0.183. The van der Waals surface area contributed by atoms with Gasteiger partial charge in [0.05, 0.1) is 0 Å². The molecule has 1 fully saturated rings. The maximum absolute atomic E-state index is 2.45. The van der Waals surface area contributed by atoms with Crippen molar-refractivity contribution in [3.63, 3.8) is 0 Å². The summed E-state index contributed by atoms with van der Waals surface area (Å²) in [4.78, 5) is 0. The van der Waals surface area contributed by atoms with Crippen LogP contribution >= 0.6 is 0 Å². The molecule has 84 valence electrons. The Balaban J connectivity index is 2.35. The van der Waals surface area contributed by atoms with E-state index in [1.807, 2.05) is 0 Å². The first-order valence-electron chi connectivity index (χ1n) is 6.63. The largest absolute Gasteiger partial charge is 0.0651 e. The van der Waals surface area contributed by atoms with Crippen LogP contribution in [0.2, 0.25) is 0 Å². The Kier molecular flexibility index (Phi) is 4.98. The first-order valence-corrected chi connectivity index (χ1v) is 6.63. The van der Waals surface area contributed by atoms with Crippen LogP contribution in [0.25, 0.3) is 0 Å². The van der Waals surface area contributed by atoms with Crippen molar-refractivity contribution in [2.45, 2.75) is 66.2 Å². The molecule has 3 unspecified atom stereocenters. The van der Waals surface area contributed by atoms with Crippen LogP contribution in [0.15, 0.2) is 0 Å². The van der Waals surface area contributed by atoms with E-state index < -0.39 is 0 Å². The lowest BCUT2D eigenvalue weighted by atomic mass is 9.73. The molecule has 0 N–H and O–H groups in total. The molecule has 0 heterocycles. The number of hydrogen-bond donors (Lipinski definition) is 0. The van der Waals surface area contributed by atoms with E-state index in [1.165, 1.54) is 38.5 Å². The SMILES string of the molecule is CCC(C)C1CCCC(CC(C)C)C1. The van der Waals surface area contributed by atoms with Crippen molar-refractivity contribution in [1.29, 1.82) is 0 Å². The van der Waals surface area contributed by atoms with Crippen LogP contribution in [0, 0.1) is 23.7 Å². The van der Waals surface area contributed by atoms with Crippen molar-refractivity contribution in [3.05, 3.63) is 0 Å².